The highest BCUT2D eigenvalue weighted by atomic mass is 79.9. The number of carbonyl (C=O) groups is 1. The predicted molar refractivity (Wildman–Crippen MR) is 102 cm³/mol. The topological polar surface area (TPSA) is 81.8 Å². The van der Waals surface area contributed by atoms with Gasteiger partial charge in [0.25, 0.3) is 5.56 Å². The number of aryl methyl sites for hydroxylation is 1. The fraction of sp³-hybridized carbons (Fsp3) is 0.111. The lowest BCUT2D eigenvalue weighted by molar-refractivity contribution is -0.117. The summed E-state index contributed by atoms with van der Waals surface area (Å²) in [6.07, 6.45) is 3.18. The molecule has 0 saturated heterocycles. The van der Waals surface area contributed by atoms with Crippen molar-refractivity contribution < 1.29 is 4.79 Å². The van der Waals surface area contributed by atoms with Crippen LogP contribution >= 0.6 is 15.9 Å². The summed E-state index contributed by atoms with van der Waals surface area (Å²) in [7, 11) is 0. The first-order valence-corrected chi connectivity index (χ1v) is 8.78. The monoisotopic (exact) mass is 411 g/mol. The third kappa shape index (κ3) is 3.11. The van der Waals surface area contributed by atoms with E-state index in [0.717, 1.165) is 15.5 Å². The molecule has 0 spiro atoms. The molecule has 0 radical (unpaired) electrons. The van der Waals surface area contributed by atoms with Gasteiger partial charge in [-0.2, -0.15) is 0 Å². The molecule has 26 heavy (non-hydrogen) atoms. The molecule has 1 amide bonds. The fourth-order valence-electron chi connectivity index (χ4n) is 2.75. The van der Waals surface area contributed by atoms with Gasteiger partial charge in [-0.3, -0.25) is 19.6 Å². The van der Waals surface area contributed by atoms with Crippen molar-refractivity contribution in [2.24, 2.45) is 0 Å². The van der Waals surface area contributed by atoms with E-state index in [2.05, 4.69) is 31.3 Å². The van der Waals surface area contributed by atoms with Crippen molar-refractivity contribution in [2.45, 2.75) is 13.0 Å². The minimum atomic E-state index is -0.214. The molecule has 2 aromatic carbocycles. The van der Waals surface area contributed by atoms with Crippen LogP contribution in [0.1, 0.15) is 6.42 Å². The van der Waals surface area contributed by atoms with E-state index in [9.17, 15) is 9.59 Å². The highest BCUT2D eigenvalue weighted by Gasteiger charge is 2.09. The second-order valence-electron chi connectivity index (χ2n) is 5.79. The van der Waals surface area contributed by atoms with Crippen molar-refractivity contribution in [3.05, 3.63) is 69.9 Å². The molecular weight excluding hydrogens is 398 g/mol. The highest BCUT2D eigenvalue weighted by molar-refractivity contribution is 9.10. The molecule has 7 nitrogen and oxygen atoms in total. The largest absolute Gasteiger partial charge is 0.298 e. The van der Waals surface area contributed by atoms with Crippen LogP contribution in [-0.2, 0) is 11.3 Å². The van der Waals surface area contributed by atoms with Crippen molar-refractivity contribution in [1.29, 1.82) is 0 Å². The number of para-hydroxylation sites is 2. The summed E-state index contributed by atoms with van der Waals surface area (Å²) in [5, 5.41) is 0.517. The van der Waals surface area contributed by atoms with Gasteiger partial charge >= 0.3 is 0 Å². The summed E-state index contributed by atoms with van der Waals surface area (Å²) < 4.78 is 3.84. The number of carbonyl (C=O) groups excluding carboxylic acids is 1. The number of hydrogen-bond donors (Lipinski definition) is 1. The van der Waals surface area contributed by atoms with Gasteiger partial charge in [0.2, 0.25) is 5.91 Å². The van der Waals surface area contributed by atoms with E-state index in [1.165, 1.54) is 10.9 Å². The molecule has 0 atom stereocenters. The molecule has 0 fully saturated rings. The Hall–Kier alpha value is -3.00. The van der Waals surface area contributed by atoms with Gasteiger partial charge in [0, 0.05) is 17.4 Å². The molecule has 0 aliphatic heterocycles. The fourth-order valence-corrected chi connectivity index (χ4v) is 3.11. The van der Waals surface area contributed by atoms with E-state index in [0.29, 0.717) is 10.9 Å². The second kappa shape index (κ2) is 6.72. The zero-order valence-electron chi connectivity index (χ0n) is 13.6. The molecule has 0 aliphatic carbocycles. The van der Waals surface area contributed by atoms with Crippen LogP contribution in [0.25, 0.3) is 21.9 Å². The van der Waals surface area contributed by atoms with Crippen molar-refractivity contribution in [3.63, 3.8) is 0 Å². The summed E-state index contributed by atoms with van der Waals surface area (Å²) in [5.74, 6) is -0.214. The summed E-state index contributed by atoms with van der Waals surface area (Å²) in [6, 6.07) is 12.9. The Kier molecular flexibility index (Phi) is 4.26. The molecule has 0 saturated carbocycles. The number of nitrogens with zero attached hydrogens (tertiary/aromatic N) is 4. The number of halogens is 1. The second-order valence-corrected chi connectivity index (χ2v) is 6.71. The Balaban J connectivity index is 1.50. The quantitative estimate of drug-likeness (QED) is 0.559. The zero-order chi connectivity index (χ0) is 18.1. The molecule has 4 aromatic rings. The highest BCUT2D eigenvalue weighted by Crippen LogP contribution is 2.15. The van der Waals surface area contributed by atoms with Gasteiger partial charge in [-0.15, -0.1) is 0 Å². The Morgan fingerprint density at radius 1 is 1.08 bits per heavy atom. The third-order valence-corrected chi connectivity index (χ3v) is 4.56. The number of fused-ring (bicyclic) bond motifs is 2. The van der Waals surface area contributed by atoms with Crippen molar-refractivity contribution in [3.8, 4) is 0 Å². The van der Waals surface area contributed by atoms with Gasteiger partial charge < -0.3 is 0 Å². The number of imidazole rings is 1. The van der Waals surface area contributed by atoms with Crippen LogP contribution < -0.4 is 11.0 Å². The summed E-state index contributed by atoms with van der Waals surface area (Å²) in [4.78, 5) is 33.3. The number of hydrogen-bond acceptors (Lipinski definition) is 4. The molecule has 0 bridgehead atoms. The van der Waals surface area contributed by atoms with E-state index in [4.69, 9.17) is 0 Å². The first-order chi connectivity index (χ1) is 12.6. The van der Waals surface area contributed by atoms with Crippen molar-refractivity contribution >= 4 is 43.8 Å². The van der Waals surface area contributed by atoms with Gasteiger partial charge in [0.15, 0.2) is 0 Å². The molecule has 0 aliphatic rings. The van der Waals surface area contributed by atoms with Gasteiger partial charge in [-0.1, -0.05) is 28.1 Å². The van der Waals surface area contributed by atoms with Crippen molar-refractivity contribution in [1.82, 2.24) is 19.2 Å². The van der Waals surface area contributed by atoms with Gasteiger partial charge in [-0.25, -0.2) is 14.6 Å². The maximum Gasteiger partial charge on any atom is 0.261 e. The lowest BCUT2D eigenvalue weighted by atomic mass is 10.2. The van der Waals surface area contributed by atoms with E-state index in [-0.39, 0.29) is 24.4 Å². The van der Waals surface area contributed by atoms with E-state index in [1.807, 2.05) is 30.3 Å². The molecule has 8 heteroatoms. The predicted octanol–water partition coefficient (Wildman–Crippen LogP) is 2.67. The van der Waals surface area contributed by atoms with Crippen LogP contribution in [0.15, 0.2) is 64.4 Å². The van der Waals surface area contributed by atoms with Crippen LogP contribution in [0, 0.1) is 0 Å². The van der Waals surface area contributed by atoms with Crippen LogP contribution in [-0.4, -0.2) is 25.1 Å². The minimum absolute atomic E-state index is 0.146. The molecular formula is C18H14BrN5O2. The molecule has 130 valence electrons. The molecule has 2 aromatic heterocycles. The summed E-state index contributed by atoms with van der Waals surface area (Å²) >= 11 is 3.36. The first kappa shape index (κ1) is 16.5. The molecule has 4 rings (SSSR count). The standard InChI is InChI=1S/C18H14BrN5O2/c19-12-5-6-14-13(9-12)18(26)23(10-20-14)8-7-17(25)22-24-11-21-15-3-1-2-4-16(15)24/h1-6,9-11H,7-8H2,(H,22,25). The number of rotatable bonds is 4. The maximum absolute atomic E-state index is 12.5. The lowest BCUT2D eigenvalue weighted by Crippen LogP contribution is -2.26. The average Bonchev–Trinajstić information content (AvgIpc) is 3.05. The SMILES string of the molecule is O=C(CCn1cnc2ccc(Br)cc2c1=O)Nn1cnc2ccccc21. The smallest absolute Gasteiger partial charge is 0.261 e. The molecule has 2 heterocycles. The van der Waals surface area contributed by atoms with Crippen molar-refractivity contribution in [2.75, 3.05) is 5.43 Å². The Morgan fingerprint density at radius 2 is 1.88 bits per heavy atom. The summed E-state index contributed by atoms with van der Waals surface area (Å²) in [5.41, 5.74) is 4.85. The van der Waals surface area contributed by atoms with Crippen LogP contribution in [0.3, 0.4) is 0 Å². The number of amides is 1. The van der Waals surface area contributed by atoms with Crippen LogP contribution in [0.2, 0.25) is 0 Å². The van der Waals surface area contributed by atoms with E-state index < -0.39 is 0 Å². The summed E-state index contributed by atoms with van der Waals surface area (Å²) in [6.45, 7) is 0.243. The van der Waals surface area contributed by atoms with E-state index in [1.54, 1.807) is 23.1 Å². The number of benzene rings is 2. The van der Waals surface area contributed by atoms with E-state index >= 15 is 0 Å². The molecule has 0 unspecified atom stereocenters. The first-order valence-electron chi connectivity index (χ1n) is 7.98. The average molecular weight is 412 g/mol. The zero-order valence-corrected chi connectivity index (χ0v) is 15.2. The van der Waals surface area contributed by atoms with Gasteiger partial charge in [0.1, 0.15) is 6.33 Å². The lowest BCUT2D eigenvalue weighted by Gasteiger charge is -2.09. The molecule has 1 N–H and O–H groups in total. The maximum atomic E-state index is 12.5. The van der Waals surface area contributed by atoms with Gasteiger partial charge in [0.05, 0.1) is 28.3 Å². The Bertz CT molecular complexity index is 1180. The normalized spacial score (nSPS) is 11.1. The third-order valence-electron chi connectivity index (χ3n) is 4.06. The van der Waals surface area contributed by atoms with Crippen LogP contribution in [0.5, 0.6) is 0 Å². The number of nitrogens with one attached hydrogen (secondary N) is 1. The van der Waals surface area contributed by atoms with Gasteiger partial charge in [-0.05, 0) is 30.3 Å². The van der Waals surface area contributed by atoms with Crippen LogP contribution in [0.4, 0.5) is 0 Å². The Labute approximate surface area is 156 Å². The number of aromatic nitrogens is 4. The Morgan fingerprint density at radius 3 is 2.77 bits per heavy atom. The minimum Gasteiger partial charge on any atom is -0.298 e.